The van der Waals surface area contributed by atoms with Crippen LogP contribution in [0.2, 0.25) is 0 Å². The van der Waals surface area contributed by atoms with Gasteiger partial charge < -0.3 is 14.7 Å². The number of ether oxygens (including phenoxy) is 1. The Morgan fingerprint density at radius 2 is 2.00 bits per heavy atom. The maximum atomic E-state index is 12.2. The minimum atomic E-state index is -0.790. The lowest BCUT2D eigenvalue weighted by Gasteiger charge is -2.30. The highest BCUT2D eigenvalue weighted by molar-refractivity contribution is 5.78. The zero-order valence-corrected chi connectivity index (χ0v) is 13.7. The van der Waals surface area contributed by atoms with Gasteiger partial charge in [-0.1, -0.05) is 12.1 Å². The number of likely N-dealkylation sites (tertiary alicyclic amines) is 1. The third-order valence-electron chi connectivity index (χ3n) is 4.39. The third kappa shape index (κ3) is 5.27. The Morgan fingerprint density at radius 3 is 2.65 bits per heavy atom. The number of aryl methyl sites for hydroxylation is 1. The molecule has 0 aliphatic carbocycles. The number of carbonyl (C=O) groups excluding carboxylic acids is 1. The molecule has 1 aromatic rings. The van der Waals surface area contributed by atoms with Crippen molar-refractivity contribution in [2.75, 3.05) is 20.2 Å². The van der Waals surface area contributed by atoms with Crippen LogP contribution >= 0.6 is 0 Å². The van der Waals surface area contributed by atoms with Crippen LogP contribution < -0.4 is 4.74 Å². The summed E-state index contributed by atoms with van der Waals surface area (Å²) < 4.78 is 5.13. The Morgan fingerprint density at radius 1 is 1.26 bits per heavy atom. The van der Waals surface area contributed by atoms with Crippen LogP contribution in [0.3, 0.4) is 0 Å². The first-order valence-electron chi connectivity index (χ1n) is 8.23. The van der Waals surface area contributed by atoms with Gasteiger partial charge in [-0.15, -0.1) is 0 Å². The van der Waals surface area contributed by atoms with Gasteiger partial charge in [0.05, 0.1) is 13.0 Å². The van der Waals surface area contributed by atoms with Gasteiger partial charge in [0.2, 0.25) is 5.91 Å². The van der Waals surface area contributed by atoms with E-state index in [2.05, 4.69) is 0 Å². The van der Waals surface area contributed by atoms with E-state index in [0.717, 1.165) is 31.4 Å². The Kier molecular flexibility index (Phi) is 6.44. The standard InChI is InChI=1S/C18H25NO4/c1-23-16-10-8-14(9-11-16)5-2-3-7-17(20)19-12-4-6-15(13-19)18(21)22/h8-11,15H,2-7,12-13H2,1H3,(H,21,22)/t15-/m1/s1. The summed E-state index contributed by atoms with van der Waals surface area (Å²) in [5.74, 6) is -0.248. The molecular formula is C18H25NO4. The number of rotatable bonds is 7. The summed E-state index contributed by atoms with van der Waals surface area (Å²) in [5, 5.41) is 9.07. The molecule has 1 heterocycles. The molecule has 23 heavy (non-hydrogen) atoms. The molecule has 1 fully saturated rings. The van der Waals surface area contributed by atoms with Gasteiger partial charge in [-0.25, -0.2) is 0 Å². The summed E-state index contributed by atoms with van der Waals surface area (Å²) in [6, 6.07) is 7.98. The SMILES string of the molecule is COc1ccc(CCCCC(=O)N2CCC[C@@H](C(=O)O)C2)cc1. The van der Waals surface area contributed by atoms with Crippen molar-refractivity contribution < 1.29 is 19.4 Å². The molecule has 1 aliphatic rings. The number of carboxylic acids is 1. The number of carboxylic acid groups (broad SMARTS) is 1. The normalized spacial score (nSPS) is 17.8. The highest BCUT2D eigenvalue weighted by Crippen LogP contribution is 2.18. The van der Waals surface area contributed by atoms with Crippen molar-refractivity contribution in [1.29, 1.82) is 0 Å². The number of hydrogen-bond donors (Lipinski definition) is 1. The van der Waals surface area contributed by atoms with Crippen LogP contribution in [0, 0.1) is 5.92 Å². The number of nitrogens with zero attached hydrogens (tertiary/aromatic N) is 1. The summed E-state index contributed by atoms with van der Waals surface area (Å²) >= 11 is 0. The second kappa shape index (κ2) is 8.56. The van der Waals surface area contributed by atoms with Crippen LogP contribution in [0.4, 0.5) is 0 Å². The van der Waals surface area contributed by atoms with Gasteiger partial charge in [0.25, 0.3) is 0 Å². The zero-order chi connectivity index (χ0) is 16.7. The second-order valence-electron chi connectivity index (χ2n) is 6.07. The van der Waals surface area contributed by atoms with E-state index in [1.54, 1.807) is 12.0 Å². The van der Waals surface area contributed by atoms with Gasteiger partial charge in [-0.2, -0.15) is 0 Å². The number of benzene rings is 1. The number of carbonyl (C=O) groups is 2. The molecule has 5 nitrogen and oxygen atoms in total. The van der Waals surface area contributed by atoms with E-state index >= 15 is 0 Å². The van der Waals surface area contributed by atoms with Crippen LogP contribution in [0.15, 0.2) is 24.3 Å². The lowest BCUT2D eigenvalue weighted by Crippen LogP contribution is -2.42. The first-order valence-corrected chi connectivity index (χ1v) is 8.23. The fourth-order valence-electron chi connectivity index (χ4n) is 2.96. The second-order valence-corrected chi connectivity index (χ2v) is 6.07. The van der Waals surface area contributed by atoms with Crippen LogP contribution in [-0.2, 0) is 16.0 Å². The van der Waals surface area contributed by atoms with Gasteiger partial charge >= 0.3 is 5.97 Å². The number of aliphatic carboxylic acids is 1. The summed E-state index contributed by atoms with van der Waals surface area (Å²) in [5.41, 5.74) is 1.24. The third-order valence-corrected chi connectivity index (χ3v) is 4.39. The van der Waals surface area contributed by atoms with Gasteiger partial charge in [-0.05, 0) is 49.8 Å². The van der Waals surface area contributed by atoms with Crippen molar-refractivity contribution in [3.05, 3.63) is 29.8 Å². The topological polar surface area (TPSA) is 66.8 Å². The Bertz CT molecular complexity index is 526. The summed E-state index contributed by atoms with van der Waals surface area (Å²) in [6.07, 6.45) is 4.69. The summed E-state index contributed by atoms with van der Waals surface area (Å²) in [4.78, 5) is 24.9. The highest BCUT2D eigenvalue weighted by atomic mass is 16.5. The fraction of sp³-hybridized carbons (Fsp3) is 0.556. The first-order chi connectivity index (χ1) is 11.1. The molecule has 1 aliphatic heterocycles. The van der Waals surface area contributed by atoms with E-state index in [4.69, 9.17) is 9.84 Å². The van der Waals surface area contributed by atoms with Crippen LogP contribution in [0.5, 0.6) is 5.75 Å². The number of hydrogen-bond acceptors (Lipinski definition) is 3. The molecule has 1 amide bonds. The van der Waals surface area contributed by atoms with Gasteiger partial charge in [-0.3, -0.25) is 9.59 Å². The molecule has 0 unspecified atom stereocenters. The van der Waals surface area contributed by atoms with E-state index < -0.39 is 11.9 Å². The maximum Gasteiger partial charge on any atom is 0.308 e. The molecule has 126 valence electrons. The molecule has 0 bridgehead atoms. The van der Waals surface area contributed by atoms with E-state index in [-0.39, 0.29) is 5.91 Å². The number of unbranched alkanes of at least 4 members (excludes halogenated alkanes) is 1. The van der Waals surface area contributed by atoms with Crippen molar-refractivity contribution in [1.82, 2.24) is 4.90 Å². The smallest absolute Gasteiger partial charge is 0.308 e. The van der Waals surface area contributed by atoms with Crippen molar-refractivity contribution in [3.8, 4) is 5.75 Å². The summed E-state index contributed by atoms with van der Waals surface area (Å²) in [6.45, 7) is 1.06. The Labute approximate surface area is 137 Å². The monoisotopic (exact) mass is 319 g/mol. The molecule has 0 saturated carbocycles. The van der Waals surface area contributed by atoms with E-state index in [1.807, 2.05) is 24.3 Å². The van der Waals surface area contributed by atoms with Crippen molar-refractivity contribution in [2.45, 2.75) is 38.5 Å². The van der Waals surface area contributed by atoms with Crippen molar-refractivity contribution in [3.63, 3.8) is 0 Å². The Balaban J connectivity index is 1.68. The number of methoxy groups -OCH3 is 1. The molecule has 0 radical (unpaired) electrons. The average Bonchev–Trinajstić information content (AvgIpc) is 2.59. The molecule has 1 aromatic carbocycles. The fourth-order valence-corrected chi connectivity index (χ4v) is 2.96. The largest absolute Gasteiger partial charge is 0.497 e. The number of amides is 1. The van der Waals surface area contributed by atoms with Gasteiger partial charge in [0.15, 0.2) is 0 Å². The van der Waals surface area contributed by atoms with E-state index in [1.165, 1.54) is 5.56 Å². The van der Waals surface area contributed by atoms with Crippen LogP contribution in [0.25, 0.3) is 0 Å². The molecule has 0 spiro atoms. The molecular weight excluding hydrogens is 294 g/mol. The predicted octanol–water partition coefficient (Wildman–Crippen LogP) is 2.73. The maximum absolute atomic E-state index is 12.2. The van der Waals surface area contributed by atoms with Crippen molar-refractivity contribution >= 4 is 11.9 Å². The minimum absolute atomic E-state index is 0.0886. The lowest BCUT2D eigenvalue weighted by molar-refractivity contribution is -0.145. The summed E-state index contributed by atoms with van der Waals surface area (Å²) in [7, 11) is 1.65. The lowest BCUT2D eigenvalue weighted by atomic mass is 9.98. The number of piperidine rings is 1. The zero-order valence-electron chi connectivity index (χ0n) is 13.7. The van der Waals surface area contributed by atoms with Crippen LogP contribution in [0.1, 0.15) is 37.7 Å². The highest BCUT2D eigenvalue weighted by Gasteiger charge is 2.27. The minimum Gasteiger partial charge on any atom is -0.497 e. The molecule has 0 aromatic heterocycles. The first kappa shape index (κ1) is 17.3. The average molecular weight is 319 g/mol. The Hall–Kier alpha value is -2.04. The molecule has 2 rings (SSSR count). The quantitative estimate of drug-likeness (QED) is 0.785. The van der Waals surface area contributed by atoms with Gasteiger partial charge in [0.1, 0.15) is 5.75 Å². The molecule has 5 heteroatoms. The predicted molar refractivity (Wildman–Crippen MR) is 87.5 cm³/mol. The van der Waals surface area contributed by atoms with E-state index in [9.17, 15) is 9.59 Å². The van der Waals surface area contributed by atoms with Crippen LogP contribution in [-0.4, -0.2) is 42.1 Å². The molecule has 1 N–H and O–H groups in total. The van der Waals surface area contributed by atoms with Crippen molar-refractivity contribution in [2.24, 2.45) is 5.92 Å². The molecule has 1 saturated heterocycles. The molecule has 1 atom stereocenters. The van der Waals surface area contributed by atoms with E-state index in [0.29, 0.717) is 25.9 Å². The van der Waals surface area contributed by atoms with Gasteiger partial charge in [0, 0.05) is 19.5 Å².